The topological polar surface area (TPSA) is 48.1 Å². The summed E-state index contributed by atoms with van der Waals surface area (Å²) in [5, 5.41) is 16.7. The summed E-state index contributed by atoms with van der Waals surface area (Å²) in [6, 6.07) is 2.79. The summed E-state index contributed by atoms with van der Waals surface area (Å²) in [6.45, 7) is 2.49. The quantitative estimate of drug-likeness (QED) is 0.306. The van der Waals surface area contributed by atoms with Gasteiger partial charge in [0.15, 0.2) is 0 Å². The van der Waals surface area contributed by atoms with Gasteiger partial charge in [0.25, 0.3) is 0 Å². The molecule has 0 aromatic heterocycles. The van der Waals surface area contributed by atoms with E-state index in [9.17, 15) is 0 Å². The lowest BCUT2D eigenvalue weighted by Gasteiger charge is -2.44. The largest absolute Gasteiger partial charge is 0.299 e. The van der Waals surface area contributed by atoms with E-state index in [1.165, 1.54) is 128 Å². The van der Waals surface area contributed by atoms with E-state index in [0.29, 0.717) is 30.3 Å². The third-order valence-corrected chi connectivity index (χ3v) is 8.95. The molecular weight excluding hydrogens is 392 g/mol. The van der Waals surface area contributed by atoms with Gasteiger partial charge in [0.2, 0.25) is 0 Å². The molecule has 0 aromatic rings. The minimum atomic E-state index is 0.0119. The Labute approximate surface area is 199 Å². The summed E-state index contributed by atoms with van der Waals surface area (Å²) < 4.78 is 0. The van der Waals surface area contributed by atoms with Gasteiger partial charge in [-0.05, 0) is 58.3 Å². The van der Waals surface area contributed by atoms with Gasteiger partial charge in [-0.25, -0.2) is 0 Å². The first-order valence-corrected chi connectivity index (χ1v) is 14.8. The highest BCUT2D eigenvalue weighted by molar-refractivity contribution is 4.94. The Morgan fingerprint density at radius 3 is 1.16 bits per heavy atom. The number of rotatable bonds is 10. The molecule has 0 saturated heterocycles. The van der Waals surface area contributed by atoms with Crippen molar-refractivity contribution in [1.29, 1.82) is 0 Å². The molecule has 4 saturated carbocycles. The van der Waals surface area contributed by atoms with Crippen molar-refractivity contribution in [2.75, 3.05) is 0 Å². The molecule has 4 fully saturated rings. The molecule has 0 bridgehead atoms. The van der Waals surface area contributed by atoms with E-state index >= 15 is 0 Å². The molecule has 4 aliphatic carbocycles. The van der Waals surface area contributed by atoms with Gasteiger partial charge in [0.05, 0.1) is 11.8 Å². The molecule has 32 heavy (non-hydrogen) atoms. The van der Waals surface area contributed by atoms with Crippen LogP contribution in [0.2, 0.25) is 0 Å². The molecule has 0 spiro atoms. The second-order valence-electron chi connectivity index (χ2n) is 12.1. The van der Waals surface area contributed by atoms with Crippen LogP contribution in [-0.2, 0) is 0 Å². The number of hydrogen-bond donors (Lipinski definition) is 4. The first kappa shape index (κ1) is 24.9. The molecule has 4 heteroatoms. The fourth-order valence-corrected chi connectivity index (χ4v) is 7.24. The molecular formula is C28H54N4. The Morgan fingerprint density at radius 2 is 0.812 bits per heavy atom. The van der Waals surface area contributed by atoms with Gasteiger partial charge in [0.1, 0.15) is 0 Å². The molecule has 0 amide bonds. The smallest absolute Gasteiger partial charge is 0.0690 e. The molecule has 4 N–H and O–H groups in total. The standard InChI is InChI=1S/C28H54N4/c1-28(31-25-18-10-4-11-19-25,32-26-20-12-5-13-21-26)22-27(29-23-14-6-2-7-15-23)30-24-16-8-3-9-17-24/h23-27,29-32H,2-22H2,1H3. The van der Waals surface area contributed by atoms with Crippen LogP contribution in [0.25, 0.3) is 0 Å². The highest BCUT2D eigenvalue weighted by Crippen LogP contribution is 2.26. The van der Waals surface area contributed by atoms with Crippen LogP contribution in [0, 0.1) is 0 Å². The molecule has 0 aliphatic heterocycles. The fraction of sp³-hybridized carbons (Fsp3) is 1.00. The van der Waals surface area contributed by atoms with Gasteiger partial charge in [0, 0.05) is 30.6 Å². The van der Waals surface area contributed by atoms with Crippen LogP contribution in [0.4, 0.5) is 0 Å². The zero-order valence-corrected chi connectivity index (χ0v) is 21.2. The highest BCUT2D eigenvalue weighted by atomic mass is 15.2. The van der Waals surface area contributed by atoms with Gasteiger partial charge in [-0.2, -0.15) is 0 Å². The fourth-order valence-electron chi connectivity index (χ4n) is 7.24. The molecule has 0 radical (unpaired) electrons. The van der Waals surface area contributed by atoms with E-state index in [4.69, 9.17) is 0 Å². The summed E-state index contributed by atoms with van der Waals surface area (Å²) in [7, 11) is 0. The third-order valence-electron chi connectivity index (χ3n) is 8.95. The van der Waals surface area contributed by atoms with Gasteiger partial charge in [-0.3, -0.25) is 21.3 Å². The molecule has 0 atom stereocenters. The predicted octanol–water partition coefficient (Wildman–Crippen LogP) is 6.11. The molecule has 0 heterocycles. The van der Waals surface area contributed by atoms with Crippen molar-refractivity contribution < 1.29 is 0 Å². The third kappa shape index (κ3) is 8.25. The maximum absolute atomic E-state index is 4.19. The first-order valence-electron chi connectivity index (χ1n) is 14.8. The van der Waals surface area contributed by atoms with E-state index in [2.05, 4.69) is 28.2 Å². The van der Waals surface area contributed by atoms with Gasteiger partial charge in [-0.1, -0.05) is 77.0 Å². The molecule has 4 nitrogen and oxygen atoms in total. The molecule has 4 aliphatic rings. The van der Waals surface area contributed by atoms with Crippen LogP contribution < -0.4 is 21.3 Å². The van der Waals surface area contributed by atoms with Crippen molar-refractivity contribution in [2.45, 2.75) is 178 Å². The molecule has 0 unspecified atom stereocenters. The van der Waals surface area contributed by atoms with Crippen molar-refractivity contribution in [2.24, 2.45) is 0 Å². The number of hydrogen-bond acceptors (Lipinski definition) is 4. The zero-order valence-electron chi connectivity index (χ0n) is 21.2. The van der Waals surface area contributed by atoms with E-state index < -0.39 is 0 Å². The van der Waals surface area contributed by atoms with Crippen molar-refractivity contribution >= 4 is 0 Å². The lowest BCUT2D eigenvalue weighted by Crippen LogP contribution is -2.66. The Balaban J connectivity index is 1.43. The van der Waals surface area contributed by atoms with Crippen molar-refractivity contribution in [1.82, 2.24) is 21.3 Å². The van der Waals surface area contributed by atoms with Gasteiger partial charge < -0.3 is 0 Å². The zero-order chi connectivity index (χ0) is 22.1. The van der Waals surface area contributed by atoms with Crippen LogP contribution in [0.5, 0.6) is 0 Å². The predicted molar refractivity (Wildman–Crippen MR) is 137 cm³/mol. The summed E-state index contributed by atoms with van der Waals surface area (Å²) in [6.07, 6.45) is 29.4. The van der Waals surface area contributed by atoms with Crippen LogP contribution in [0.1, 0.15) is 142 Å². The lowest BCUT2D eigenvalue weighted by molar-refractivity contribution is 0.135. The van der Waals surface area contributed by atoms with Crippen LogP contribution in [-0.4, -0.2) is 36.0 Å². The Hall–Kier alpha value is -0.160. The SMILES string of the molecule is CC(CC(NC1CCCCC1)NC1CCCCC1)(NC1CCCCC1)NC1CCCCC1. The second-order valence-corrected chi connectivity index (χ2v) is 12.1. The molecule has 0 aromatic carbocycles. The van der Waals surface area contributed by atoms with E-state index in [1.54, 1.807) is 0 Å². The van der Waals surface area contributed by atoms with E-state index in [1.807, 2.05) is 0 Å². The Kier molecular flexibility index (Phi) is 10.2. The van der Waals surface area contributed by atoms with Gasteiger partial charge in [-0.15, -0.1) is 0 Å². The molecule has 186 valence electrons. The first-order chi connectivity index (χ1) is 15.7. The average molecular weight is 447 g/mol. The summed E-state index contributed by atoms with van der Waals surface area (Å²) in [4.78, 5) is 0. The van der Waals surface area contributed by atoms with Crippen molar-refractivity contribution in [3.63, 3.8) is 0 Å². The van der Waals surface area contributed by atoms with E-state index in [0.717, 1.165) is 6.42 Å². The van der Waals surface area contributed by atoms with Crippen LogP contribution in [0.3, 0.4) is 0 Å². The minimum absolute atomic E-state index is 0.0119. The maximum atomic E-state index is 4.19. The maximum Gasteiger partial charge on any atom is 0.0690 e. The molecule has 4 rings (SSSR count). The monoisotopic (exact) mass is 446 g/mol. The average Bonchev–Trinajstić information content (AvgIpc) is 2.81. The summed E-state index contributed by atoms with van der Waals surface area (Å²) >= 11 is 0. The Bertz CT molecular complexity index is 460. The normalized spacial score (nSPS) is 26.1. The summed E-state index contributed by atoms with van der Waals surface area (Å²) in [5.74, 6) is 0. The lowest BCUT2D eigenvalue weighted by atomic mass is 9.89. The van der Waals surface area contributed by atoms with Gasteiger partial charge >= 0.3 is 0 Å². The number of nitrogens with one attached hydrogen (secondary N) is 4. The summed E-state index contributed by atoms with van der Waals surface area (Å²) in [5.41, 5.74) is 0.0119. The Morgan fingerprint density at radius 1 is 0.500 bits per heavy atom. The van der Waals surface area contributed by atoms with Crippen molar-refractivity contribution in [3.8, 4) is 0 Å². The highest BCUT2D eigenvalue weighted by Gasteiger charge is 2.35. The second kappa shape index (κ2) is 13.1. The van der Waals surface area contributed by atoms with Crippen LogP contribution in [0.15, 0.2) is 0 Å². The van der Waals surface area contributed by atoms with Crippen LogP contribution >= 0.6 is 0 Å². The van der Waals surface area contributed by atoms with E-state index in [-0.39, 0.29) is 5.66 Å². The van der Waals surface area contributed by atoms with Crippen molar-refractivity contribution in [3.05, 3.63) is 0 Å². The minimum Gasteiger partial charge on any atom is -0.299 e.